The number of carbonyl (C=O) groups is 2. The van der Waals surface area contributed by atoms with Crippen molar-refractivity contribution in [3.05, 3.63) is 0 Å². The van der Waals surface area contributed by atoms with E-state index in [1.54, 1.807) is 0 Å². The van der Waals surface area contributed by atoms with Gasteiger partial charge in [-0.2, -0.15) is 0 Å². The molecule has 0 aromatic carbocycles. The molecule has 1 N–H and O–H groups in total. The zero-order valence-electron chi connectivity index (χ0n) is 14.2. The molecule has 0 fully saturated rings. The van der Waals surface area contributed by atoms with Crippen LogP contribution in [-0.2, 0) is 14.3 Å². The van der Waals surface area contributed by atoms with Crippen LogP contribution in [0.25, 0.3) is 0 Å². The molecule has 0 atom stereocenters. The van der Waals surface area contributed by atoms with Crippen LogP contribution in [0.1, 0.15) is 66.2 Å². The van der Waals surface area contributed by atoms with Gasteiger partial charge in [-0.15, -0.1) is 0 Å². The van der Waals surface area contributed by atoms with Crippen LogP contribution < -0.4 is 5.32 Å². The second-order valence-corrected chi connectivity index (χ2v) is 6.24. The van der Waals surface area contributed by atoms with Crippen molar-refractivity contribution in [1.29, 1.82) is 0 Å². The molecule has 4 nitrogen and oxygen atoms in total. The van der Waals surface area contributed by atoms with Gasteiger partial charge in [0.15, 0.2) is 5.78 Å². The SMILES string of the molecule is CC(C)C(=O)COCCCCCCCCNC(=O)C(C)C. The van der Waals surface area contributed by atoms with E-state index in [-0.39, 0.29) is 30.1 Å². The fraction of sp³-hybridized carbons (Fsp3) is 0.882. The number of rotatable bonds is 13. The molecule has 4 heteroatoms. The topological polar surface area (TPSA) is 55.4 Å². The maximum absolute atomic E-state index is 11.3. The monoisotopic (exact) mass is 299 g/mol. The Kier molecular flexibility index (Phi) is 12.3. The lowest BCUT2D eigenvalue weighted by molar-refractivity contribution is -0.126. The number of carbonyl (C=O) groups excluding carboxylic acids is 2. The summed E-state index contributed by atoms with van der Waals surface area (Å²) in [7, 11) is 0. The number of ether oxygens (including phenoxy) is 1. The molecule has 0 aromatic heterocycles. The standard InChI is InChI=1S/C17H33NO3/c1-14(2)16(19)13-21-12-10-8-6-5-7-9-11-18-17(20)15(3)4/h14-15H,5-13H2,1-4H3,(H,18,20). The number of hydrogen-bond donors (Lipinski definition) is 1. The Hall–Kier alpha value is -0.900. The molecule has 0 aliphatic rings. The van der Waals surface area contributed by atoms with Crippen molar-refractivity contribution >= 4 is 11.7 Å². The van der Waals surface area contributed by atoms with Crippen molar-refractivity contribution in [3.63, 3.8) is 0 Å². The molecule has 0 heterocycles. The molecule has 1 amide bonds. The smallest absolute Gasteiger partial charge is 0.222 e. The van der Waals surface area contributed by atoms with Gasteiger partial charge in [0.2, 0.25) is 5.91 Å². The summed E-state index contributed by atoms with van der Waals surface area (Å²) in [5.41, 5.74) is 0. The zero-order chi connectivity index (χ0) is 16.1. The van der Waals surface area contributed by atoms with Crippen LogP contribution in [0.5, 0.6) is 0 Å². The van der Waals surface area contributed by atoms with Crippen molar-refractivity contribution in [1.82, 2.24) is 5.32 Å². The van der Waals surface area contributed by atoms with Gasteiger partial charge in [-0.3, -0.25) is 9.59 Å². The van der Waals surface area contributed by atoms with E-state index in [4.69, 9.17) is 4.74 Å². The summed E-state index contributed by atoms with van der Waals surface area (Å²) in [6.07, 6.45) is 6.77. The first-order valence-electron chi connectivity index (χ1n) is 8.33. The Labute approximate surface area is 130 Å². The van der Waals surface area contributed by atoms with Gasteiger partial charge >= 0.3 is 0 Å². The van der Waals surface area contributed by atoms with E-state index < -0.39 is 0 Å². The lowest BCUT2D eigenvalue weighted by Crippen LogP contribution is -2.28. The van der Waals surface area contributed by atoms with E-state index in [2.05, 4.69) is 5.32 Å². The average Bonchev–Trinajstić information content (AvgIpc) is 2.43. The first kappa shape index (κ1) is 20.1. The van der Waals surface area contributed by atoms with Gasteiger partial charge < -0.3 is 10.1 Å². The van der Waals surface area contributed by atoms with Gasteiger partial charge in [0.1, 0.15) is 6.61 Å². The number of nitrogens with one attached hydrogen (secondary N) is 1. The molecule has 0 unspecified atom stereocenters. The van der Waals surface area contributed by atoms with Crippen LogP contribution in [0.15, 0.2) is 0 Å². The molecule has 0 radical (unpaired) electrons. The molecule has 0 bridgehead atoms. The summed E-state index contributed by atoms with van der Waals surface area (Å²) in [6.45, 7) is 9.34. The first-order valence-corrected chi connectivity index (χ1v) is 8.33. The summed E-state index contributed by atoms with van der Waals surface area (Å²) >= 11 is 0. The highest BCUT2D eigenvalue weighted by atomic mass is 16.5. The van der Waals surface area contributed by atoms with Crippen molar-refractivity contribution in [2.45, 2.75) is 66.2 Å². The molecule has 0 saturated carbocycles. The van der Waals surface area contributed by atoms with Crippen LogP contribution >= 0.6 is 0 Å². The minimum Gasteiger partial charge on any atom is -0.374 e. The molecule has 0 spiro atoms. The molecule has 0 aromatic rings. The number of ketones is 1. The largest absolute Gasteiger partial charge is 0.374 e. The highest BCUT2D eigenvalue weighted by Crippen LogP contribution is 2.05. The first-order chi connectivity index (χ1) is 9.95. The molecule has 124 valence electrons. The predicted octanol–water partition coefficient (Wildman–Crippen LogP) is 3.34. The van der Waals surface area contributed by atoms with Gasteiger partial charge in [0, 0.05) is 25.0 Å². The Balaban J connectivity index is 3.20. The number of unbranched alkanes of at least 4 members (excludes halogenated alkanes) is 5. The maximum atomic E-state index is 11.3. The van der Waals surface area contributed by atoms with Crippen molar-refractivity contribution in [2.75, 3.05) is 19.8 Å². The highest BCUT2D eigenvalue weighted by molar-refractivity contribution is 5.81. The van der Waals surface area contributed by atoms with Gasteiger partial charge in [0.05, 0.1) is 0 Å². The lowest BCUT2D eigenvalue weighted by Gasteiger charge is -2.07. The summed E-state index contributed by atoms with van der Waals surface area (Å²) < 4.78 is 5.35. The molecule has 0 saturated heterocycles. The van der Waals surface area contributed by atoms with E-state index >= 15 is 0 Å². The Morgan fingerprint density at radius 2 is 1.43 bits per heavy atom. The lowest BCUT2D eigenvalue weighted by atomic mass is 10.1. The van der Waals surface area contributed by atoms with Gasteiger partial charge in [-0.05, 0) is 12.8 Å². The molecular formula is C17H33NO3. The van der Waals surface area contributed by atoms with Crippen LogP contribution in [0, 0.1) is 11.8 Å². The van der Waals surface area contributed by atoms with Crippen molar-refractivity contribution in [3.8, 4) is 0 Å². The van der Waals surface area contributed by atoms with E-state index in [1.165, 1.54) is 12.8 Å². The molecule has 0 rings (SSSR count). The summed E-state index contributed by atoms with van der Waals surface area (Å²) in [5, 5.41) is 2.93. The third kappa shape index (κ3) is 12.5. The maximum Gasteiger partial charge on any atom is 0.222 e. The van der Waals surface area contributed by atoms with E-state index in [9.17, 15) is 9.59 Å². The predicted molar refractivity (Wildman–Crippen MR) is 86.2 cm³/mol. The molecule has 0 aliphatic heterocycles. The average molecular weight is 299 g/mol. The second kappa shape index (κ2) is 12.8. The fourth-order valence-corrected chi connectivity index (χ4v) is 1.79. The Bertz CT molecular complexity index is 260. The fourth-order valence-electron chi connectivity index (χ4n) is 1.79. The van der Waals surface area contributed by atoms with Crippen LogP contribution in [0.2, 0.25) is 0 Å². The van der Waals surface area contributed by atoms with E-state index in [0.29, 0.717) is 6.61 Å². The Morgan fingerprint density at radius 1 is 0.857 bits per heavy atom. The van der Waals surface area contributed by atoms with Gasteiger partial charge in [0.25, 0.3) is 0 Å². The van der Waals surface area contributed by atoms with Gasteiger partial charge in [-0.1, -0.05) is 53.4 Å². The minimum atomic E-state index is 0.0705. The minimum absolute atomic E-state index is 0.0705. The van der Waals surface area contributed by atoms with Gasteiger partial charge in [-0.25, -0.2) is 0 Å². The van der Waals surface area contributed by atoms with Crippen LogP contribution in [-0.4, -0.2) is 31.4 Å². The zero-order valence-corrected chi connectivity index (χ0v) is 14.2. The van der Waals surface area contributed by atoms with Crippen molar-refractivity contribution in [2.24, 2.45) is 11.8 Å². The third-order valence-electron chi connectivity index (χ3n) is 3.43. The summed E-state index contributed by atoms with van der Waals surface area (Å²) in [4.78, 5) is 22.6. The second-order valence-electron chi connectivity index (χ2n) is 6.24. The molecule has 0 aliphatic carbocycles. The Morgan fingerprint density at radius 3 is 2.00 bits per heavy atom. The van der Waals surface area contributed by atoms with Crippen LogP contribution in [0.4, 0.5) is 0 Å². The van der Waals surface area contributed by atoms with Crippen LogP contribution in [0.3, 0.4) is 0 Å². The normalized spacial score (nSPS) is 11.1. The molecular weight excluding hydrogens is 266 g/mol. The number of amides is 1. The third-order valence-corrected chi connectivity index (χ3v) is 3.43. The number of Topliss-reactive ketones (excluding diaryl/α,β-unsaturated/α-hetero) is 1. The number of hydrogen-bond acceptors (Lipinski definition) is 3. The summed E-state index contributed by atoms with van der Waals surface area (Å²) in [6, 6.07) is 0. The quantitative estimate of drug-likeness (QED) is 0.531. The van der Waals surface area contributed by atoms with E-state index in [0.717, 1.165) is 32.2 Å². The van der Waals surface area contributed by atoms with Crippen molar-refractivity contribution < 1.29 is 14.3 Å². The summed E-state index contributed by atoms with van der Waals surface area (Å²) in [5.74, 6) is 0.468. The molecule has 21 heavy (non-hydrogen) atoms. The highest BCUT2D eigenvalue weighted by Gasteiger charge is 2.06. The van der Waals surface area contributed by atoms with E-state index in [1.807, 2.05) is 27.7 Å².